The first-order chi connectivity index (χ1) is 13.0. The Labute approximate surface area is 154 Å². The van der Waals surface area contributed by atoms with E-state index in [0.717, 1.165) is 0 Å². The first kappa shape index (κ1) is 17.0. The molecule has 4 aromatic rings. The normalized spacial score (nSPS) is 11.6. The van der Waals surface area contributed by atoms with E-state index in [0.29, 0.717) is 33.3 Å². The van der Waals surface area contributed by atoms with E-state index >= 15 is 0 Å². The molecule has 7 nitrogen and oxygen atoms in total. The van der Waals surface area contributed by atoms with Crippen molar-refractivity contribution in [2.75, 3.05) is 11.8 Å². The van der Waals surface area contributed by atoms with Crippen LogP contribution in [0.15, 0.2) is 74.9 Å². The van der Waals surface area contributed by atoms with Crippen molar-refractivity contribution in [1.82, 2.24) is 4.98 Å². The minimum Gasteiger partial charge on any atom is -0.496 e. The van der Waals surface area contributed by atoms with Crippen LogP contribution in [0.3, 0.4) is 0 Å². The zero-order valence-corrected chi connectivity index (χ0v) is 15.0. The predicted octanol–water partition coefficient (Wildman–Crippen LogP) is 3.15. The van der Waals surface area contributed by atoms with Gasteiger partial charge in [0.2, 0.25) is 0 Å². The van der Waals surface area contributed by atoms with Gasteiger partial charge in [-0.2, -0.15) is 0 Å². The number of nitrogens with one attached hydrogen (secondary N) is 1. The molecule has 1 N–H and O–H groups in total. The van der Waals surface area contributed by atoms with Gasteiger partial charge in [0.05, 0.1) is 12.6 Å². The third-order valence-corrected chi connectivity index (χ3v) is 5.49. The van der Waals surface area contributed by atoms with E-state index < -0.39 is 15.6 Å². The van der Waals surface area contributed by atoms with Crippen molar-refractivity contribution >= 4 is 37.6 Å². The Balaban J connectivity index is 1.79. The van der Waals surface area contributed by atoms with Crippen LogP contribution in [0, 0.1) is 0 Å². The van der Waals surface area contributed by atoms with E-state index in [9.17, 15) is 13.2 Å². The number of methoxy groups -OCH3 is 1. The SMILES string of the molecule is COc1ccc(S(=O)(=O)Nc2ccc3oc(=O)ccc3c2)c2ncccc12. The number of aromatic nitrogens is 1. The van der Waals surface area contributed by atoms with Crippen LogP contribution in [0.4, 0.5) is 5.69 Å². The Morgan fingerprint density at radius 2 is 1.93 bits per heavy atom. The van der Waals surface area contributed by atoms with Crippen LogP contribution < -0.4 is 15.1 Å². The van der Waals surface area contributed by atoms with Crippen LogP contribution in [-0.2, 0) is 10.0 Å². The predicted molar refractivity (Wildman–Crippen MR) is 102 cm³/mol. The lowest BCUT2D eigenvalue weighted by atomic mass is 10.2. The molecule has 2 aromatic carbocycles. The maximum Gasteiger partial charge on any atom is 0.336 e. The quantitative estimate of drug-likeness (QED) is 0.545. The molecule has 0 spiro atoms. The summed E-state index contributed by atoms with van der Waals surface area (Å²) in [7, 11) is -2.39. The maximum absolute atomic E-state index is 12.9. The number of pyridine rings is 1. The molecule has 4 rings (SSSR count). The number of rotatable bonds is 4. The highest BCUT2D eigenvalue weighted by Gasteiger charge is 2.20. The Morgan fingerprint density at radius 3 is 2.74 bits per heavy atom. The van der Waals surface area contributed by atoms with E-state index in [1.807, 2.05) is 0 Å². The largest absolute Gasteiger partial charge is 0.496 e. The number of anilines is 1. The van der Waals surface area contributed by atoms with Gasteiger partial charge in [-0.05, 0) is 48.5 Å². The monoisotopic (exact) mass is 382 g/mol. The number of nitrogens with zero attached hydrogens (tertiary/aromatic N) is 1. The minimum atomic E-state index is -3.90. The first-order valence-electron chi connectivity index (χ1n) is 7.96. The van der Waals surface area contributed by atoms with E-state index in [1.165, 1.54) is 31.5 Å². The van der Waals surface area contributed by atoms with Crippen LogP contribution in [0.2, 0.25) is 0 Å². The first-order valence-corrected chi connectivity index (χ1v) is 9.45. The molecule has 0 saturated carbocycles. The van der Waals surface area contributed by atoms with E-state index in [4.69, 9.17) is 9.15 Å². The molecule has 0 aliphatic rings. The van der Waals surface area contributed by atoms with Crippen LogP contribution in [-0.4, -0.2) is 20.5 Å². The molecule has 2 heterocycles. The molecule has 0 aliphatic heterocycles. The highest BCUT2D eigenvalue weighted by Crippen LogP contribution is 2.30. The molecule has 0 saturated heterocycles. The molecule has 0 fully saturated rings. The van der Waals surface area contributed by atoms with Gasteiger partial charge >= 0.3 is 5.63 Å². The van der Waals surface area contributed by atoms with Crippen LogP contribution in [0.25, 0.3) is 21.9 Å². The lowest BCUT2D eigenvalue weighted by molar-refractivity contribution is 0.419. The van der Waals surface area contributed by atoms with Crippen molar-refractivity contribution in [3.05, 3.63) is 71.2 Å². The Bertz CT molecular complexity index is 1330. The van der Waals surface area contributed by atoms with Gasteiger partial charge in [0, 0.05) is 28.7 Å². The van der Waals surface area contributed by atoms with Crippen molar-refractivity contribution in [2.24, 2.45) is 0 Å². The summed E-state index contributed by atoms with van der Waals surface area (Å²) in [6, 6.07) is 14.0. The molecular weight excluding hydrogens is 368 g/mol. The molecular formula is C19H14N2O5S. The summed E-state index contributed by atoms with van der Waals surface area (Å²) in [6.45, 7) is 0. The summed E-state index contributed by atoms with van der Waals surface area (Å²) in [5.41, 5.74) is 0.570. The Kier molecular flexibility index (Phi) is 4.04. The summed E-state index contributed by atoms with van der Waals surface area (Å²) in [5.74, 6) is 0.540. The van der Waals surface area contributed by atoms with Gasteiger partial charge in [-0.1, -0.05) is 0 Å². The van der Waals surface area contributed by atoms with Gasteiger partial charge in [0.25, 0.3) is 10.0 Å². The lowest BCUT2D eigenvalue weighted by Crippen LogP contribution is -2.14. The fraction of sp³-hybridized carbons (Fsp3) is 0.0526. The molecule has 0 atom stereocenters. The number of ether oxygens (including phenoxy) is 1. The van der Waals surface area contributed by atoms with Crippen molar-refractivity contribution in [1.29, 1.82) is 0 Å². The summed E-state index contributed by atoms with van der Waals surface area (Å²) >= 11 is 0. The second-order valence-electron chi connectivity index (χ2n) is 5.78. The second-order valence-corrected chi connectivity index (χ2v) is 7.43. The summed E-state index contributed by atoms with van der Waals surface area (Å²) in [5, 5.41) is 1.20. The van der Waals surface area contributed by atoms with Gasteiger partial charge < -0.3 is 9.15 Å². The molecule has 0 bridgehead atoms. The molecule has 8 heteroatoms. The van der Waals surface area contributed by atoms with Gasteiger partial charge in [-0.3, -0.25) is 9.71 Å². The lowest BCUT2D eigenvalue weighted by Gasteiger charge is -2.12. The average Bonchev–Trinajstić information content (AvgIpc) is 2.67. The number of sulfonamides is 1. The summed E-state index contributed by atoms with van der Waals surface area (Å²) in [4.78, 5) is 15.5. The standard InChI is InChI=1S/C19H14N2O5S/c1-25-16-7-8-17(19-14(16)3-2-10-20-19)27(23,24)21-13-5-6-15-12(11-13)4-9-18(22)26-15/h2-11,21H,1H3. The van der Waals surface area contributed by atoms with Crippen molar-refractivity contribution in [2.45, 2.75) is 4.90 Å². The average molecular weight is 382 g/mol. The third-order valence-electron chi connectivity index (χ3n) is 4.07. The summed E-state index contributed by atoms with van der Waals surface area (Å²) < 4.78 is 38.8. The zero-order valence-electron chi connectivity index (χ0n) is 14.2. The van der Waals surface area contributed by atoms with E-state index in [1.54, 1.807) is 36.4 Å². The van der Waals surface area contributed by atoms with Gasteiger partial charge in [0.15, 0.2) is 0 Å². The molecule has 0 radical (unpaired) electrons. The molecule has 2 aromatic heterocycles. The van der Waals surface area contributed by atoms with Crippen LogP contribution >= 0.6 is 0 Å². The zero-order chi connectivity index (χ0) is 19.0. The van der Waals surface area contributed by atoms with Gasteiger partial charge in [-0.15, -0.1) is 0 Å². The molecule has 136 valence electrons. The van der Waals surface area contributed by atoms with Gasteiger partial charge in [-0.25, -0.2) is 13.2 Å². The van der Waals surface area contributed by atoms with Gasteiger partial charge in [0.1, 0.15) is 16.2 Å². The third kappa shape index (κ3) is 3.11. The summed E-state index contributed by atoms with van der Waals surface area (Å²) in [6.07, 6.45) is 1.53. The molecule has 0 aliphatic carbocycles. The fourth-order valence-corrected chi connectivity index (χ4v) is 4.07. The van der Waals surface area contributed by atoms with Crippen molar-refractivity contribution in [3.8, 4) is 5.75 Å². The maximum atomic E-state index is 12.9. The fourth-order valence-electron chi connectivity index (χ4n) is 2.86. The highest BCUT2D eigenvalue weighted by molar-refractivity contribution is 7.93. The topological polar surface area (TPSA) is 98.5 Å². The molecule has 0 amide bonds. The molecule has 0 unspecified atom stereocenters. The Hall–Kier alpha value is -3.39. The number of fused-ring (bicyclic) bond motifs is 2. The number of benzene rings is 2. The molecule has 27 heavy (non-hydrogen) atoms. The second kappa shape index (κ2) is 6.40. The number of hydrogen-bond donors (Lipinski definition) is 1. The van der Waals surface area contributed by atoms with Crippen molar-refractivity contribution < 1.29 is 17.6 Å². The van der Waals surface area contributed by atoms with Crippen molar-refractivity contribution in [3.63, 3.8) is 0 Å². The smallest absolute Gasteiger partial charge is 0.336 e. The van der Waals surface area contributed by atoms with Crippen LogP contribution in [0.1, 0.15) is 0 Å². The highest BCUT2D eigenvalue weighted by atomic mass is 32.2. The van der Waals surface area contributed by atoms with E-state index in [2.05, 4.69) is 9.71 Å². The Morgan fingerprint density at radius 1 is 1.07 bits per heavy atom. The minimum absolute atomic E-state index is 0.0404. The van der Waals surface area contributed by atoms with E-state index in [-0.39, 0.29) is 4.90 Å². The van der Waals surface area contributed by atoms with Crippen LogP contribution in [0.5, 0.6) is 5.75 Å². The number of hydrogen-bond acceptors (Lipinski definition) is 6.